The highest BCUT2D eigenvalue weighted by atomic mass is 19.4. The average molecular weight is 448 g/mol. The van der Waals surface area contributed by atoms with Gasteiger partial charge in [0, 0.05) is 11.3 Å². The number of anilines is 1. The third kappa shape index (κ3) is 4.88. The predicted octanol–water partition coefficient (Wildman–Crippen LogP) is 4.89. The lowest BCUT2D eigenvalue weighted by Gasteiger charge is -2.16. The van der Waals surface area contributed by atoms with Crippen LogP contribution in [0.4, 0.5) is 23.2 Å². The second kappa shape index (κ2) is 8.69. The van der Waals surface area contributed by atoms with E-state index in [2.05, 4.69) is 20.5 Å². The summed E-state index contributed by atoms with van der Waals surface area (Å²) < 4.78 is 58.8. The molecule has 2 aromatic heterocycles. The van der Waals surface area contributed by atoms with E-state index in [0.717, 1.165) is 13.0 Å². The number of alkyl halides is 3. The summed E-state index contributed by atoms with van der Waals surface area (Å²) in [6, 6.07) is 8.06. The van der Waals surface area contributed by atoms with E-state index in [-0.39, 0.29) is 22.9 Å². The Bertz CT molecular complexity index is 1210. The van der Waals surface area contributed by atoms with E-state index in [4.69, 9.17) is 4.74 Å². The lowest BCUT2D eigenvalue weighted by molar-refractivity contribution is -0.142. The molecule has 0 saturated carbocycles. The third-order valence-electron chi connectivity index (χ3n) is 4.42. The molecular weight excluding hydrogens is 432 g/mol. The van der Waals surface area contributed by atoms with Crippen LogP contribution >= 0.6 is 0 Å². The fourth-order valence-corrected chi connectivity index (χ4v) is 2.85. The maximum atomic E-state index is 13.4. The molecule has 1 aromatic carbocycles. The van der Waals surface area contributed by atoms with Gasteiger partial charge in [-0.05, 0) is 50.6 Å². The molecule has 2 heterocycles. The van der Waals surface area contributed by atoms with Crippen molar-refractivity contribution < 1.29 is 31.9 Å². The molecule has 0 aliphatic heterocycles. The first-order valence-electron chi connectivity index (χ1n) is 9.15. The van der Waals surface area contributed by atoms with Gasteiger partial charge in [0.1, 0.15) is 5.56 Å². The van der Waals surface area contributed by atoms with Crippen molar-refractivity contribution in [1.29, 1.82) is 0 Å². The topological polar surface area (TPSA) is 94.1 Å². The molecule has 7 nitrogen and oxygen atoms in total. The quantitative estimate of drug-likeness (QED) is 0.339. The van der Waals surface area contributed by atoms with Gasteiger partial charge in [0.05, 0.1) is 5.69 Å². The Morgan fingerprint density at radius 1 is 1.06 bits per heavy atom. The van der Waals surface area contributed by atoms with E-state index in [0.29, 0.717) is 5.56 Å². The van der Waals surface area contributed by atoms with Crippen molar-refractivity contribution in [1.82, 2.24) is 15.2 Å². The first kappa shape index (κ1) is 22.8. The molecule has 0 radical (unpaired) electrons. The van der Waals surface area contributed by atoms with Crippen LogP contribution < -0.4 is 10.1 Å². The molecule has 11 heteroatoms. The van der Waals surface area contributed by atoms with Crippen molar-refractivity contribution >= 4 is 17.4 Å². The Morgan fingerprint density at radius 2 is 1.78 bits per heavy atom. The van der Waals surface area contributed by atoms with E-state index in [1.165, 1.54) is 44.2 Å². The number of hydrogen-bond donors (Lipinski definition) is 1. The zero-order valence-electron chi connectivity index (χ0n) is 17.0. The number of pyridine rings is 1. The van der Waals surface area contributed by atoms with Gasteiger partial charge in [0.25, 0.3) is 11.8 Å². The molecule has 3 aromatic rings. The number of benzene rings is 1. The number of hydrogen-bond acceptors (Lipinski definition) is 6. The molecule has 166 valence electrons. The maximum absolute atomic E-state index is 13.4. The highest BCUT2D eigenvalue weighted by molar-refractivity contribution is 6.07. The largest absolute Gasteiger partial charge is 0.435 e. The van der Waals surface area contributed by atoms with Gasteiger partial charge >= 0.3 is 6.18 Å². The van der Waals surface area contributed by atoms with Gasteiger partial charge < -0.3 is 10.1 Å². The molecule has 0 aliphatic carbocycles. The van der Waals surface area contributed by atoms with E-state index >= 15 is 0 Å². The Balaban J connectivity index is 2.07. The van der Waals surface area contributed by atoms with Crippen molar-refractivity contribution in [3.05, 3.63) is 70.4 Å². The number of amides is 1. The van der Waals surface area contributed by atoms with Crippen LogP contribution in [0.25, 0.3) is 0 Å². The monoisotopic (exact) mass is 448 g/mol. The molecule has 0 unspecified atom stereocenters. The maximum Gasteiger partial charge on any atom is 0.435 e. The van der Waals surface area contributed by atoms with Crippen LogP contribution in [0, 0.1) is 19.8 Å². The van der Waals surface area contributed by atoms with Gasteiger partial charge in [-0.3, -0.25) is 9.59 Å². The molecule has 0 spiro atoms. The second-order valence-electron chi connectivity index (χ2n) is 6.76. The van der Waals surface area contributed by atoms with Crippen molar-refractivity contribution in [3.8, 4) is 11.6 Å². The molecule has 0 bridgehead atoms. The van der Waals surface area contributed by atoms with Gasteiger partial charge in [-0.2, -0.15) is 17.6 Å². The van der Waals surface area contributed by atoms with Crippen LogP contribution in [0.15, 0.2) is 36.4 Å². The fraction of sp³-hybridized carbons (Fsp3) is 0.190. The van der Waals surface area contributed by atoms with E-state index in [1.807, 2.05) is 0 Å². The average Bonchev–Trinajstić information content (AvgIpc) is 2.69. The minimum Gasteiger partial charge on any atom is -0.435 e. The van der Waals surface area contributed by atoms with Crippen molar-refractivity contribution in [2.75, 3.05) is 5.32 Å². The van der Waals surface area contributed by atoms with Gasteiger partial charge in [0.2, 0.25) is 5.95 Å². The number of ketones is 1. The number of carbonyl (C=O) groups excluding carboxylic acids is 2. The molecule has 32 heavy (non-hydrogen) atoms. The Hall–Kier alpha value is -3.89. The number of ether oxygens (including phenoxy) is 1. The minimum absolute atomic E-state index is 0.0208. The molecule has 0 fully saturated rings. The van der Waals surface area contributed by atoms with Gasteiger partial charge in [0.15, 0.2) is 17.2 Å². The first-order valence-corrected chi connectivity index (χ1v) is 9.15. The number of aromatic nitrogens is 3. The van der Waals surface area contributed by atoms with E-state index < -0.39 is 40.7 Å². The Kier molecular flexibility index (Phi) is 6.19. The summed E-state index contributed by atoms with van der Waals surface area (Å²) in [5, 5.41) is 9.05. The zero-order chi connectivity index (χ0) is 23.6. The van der Waals surface area contributed by atoms with Crippen LogP contribution in [-0.4, -0.2) is 26.9 Å². The van der Waals surface area contributed by atoms with Gasteiger partial charge in [-0.15, -0.1) is 10.2 Å². The molecule has 3 rings (SSSR count). The normalized spacial score (nSPS) is 11.2. The Labute approximate surface area is 179 Å². The fourth-order valence-electron chi connectivity index (χ4n) is 2.85. The third-order valence-corrected chi connectivity index (χ3v) is 4.42. The standard InChI is InChI=1S/C21H16F4N4O3/c1-10-17(19(31)27-14-6-4-5-13(9-14)12(3)30)20(29-28-18(10)21(23,24)25)32-15-7-8-16(22)26-11(15)2/h4-9H,1-3H3,(H,27,31). The summed E-state index contributed by atoms with van der Waals surface area (Å²) in [5.41, 5.74) is -1.84. The number of nitrogens with zero attached hydrogens (tertiary/aromatic N) is 3. The summed E-state index contributed by atoms with van der Waals surface area (Å²) >= 11 is 0. The molecule has 1 N–H and O–H groups in total. The minimum atomic E-state index is -4.87. The number of carbonyl (C=O) groups is 2. The summed E-state index contributed by atoms with van der Waals surface area (Å²) in [6.07, 6.45) is -4.87. The van der Waals surface area contributed by atoms with Crippen LogP contribution in [0.5, 0.6) is 11.6 Å². The highest BCUT2D eigenvalue weighted by Crippen LogP contribution is 2.35. The second-order valence-corrected chi connectivity index (χ2v) is 6.76. The summed E-state index contributed by atoms with van der Waals surface area (Å²) in [4.78, 5) is 28.1. The summed E-state index contributed by atoms with van der Waals surface area (Å²) in [7, 11) is 0. The number of nitrogens with one attached hydrogen (secondary N) is 1. The van der Waals surface area contributed by atoms with Gasteiger partial charge in [-0.25, -0.2) is 4.98 Å². The number of Topliss-reactive ketones (excluding diaryl/α,β-unsaturated/α-hetero) is 1. The lowest BCUT2D eigenvalue weighted by Crippen LogP contribution is -2.21. The zero-order valence-corrected chi connectivity index (χ0v) is 17.0. The molecule has 0 atom stereocenters. The van der Waals surface area contributed by atoms with Crippen LogP contribution in [-0.2, 0) is 6.18 Å². The molecule has 1 amide bonds. The van der Waals surface area contributed by atoms with E-state index in [1.54, 1.807) is 0 Å². The number of aryl methyl sites for hydroxylation is 1. The van der Waals surface area contributed by atoms with Crippen molar-refractivity contribution in [2.24, 2.45) is 0 Å². The SMILES string of the molecule is CC(=O)c1cccc(NC(=O)c2c(Oc3ccc(F)nc3C)nnc(C(F)(F)F)c2C)c1. The van der Waals surface area contributed by atoms with E-state index in [9.17, 15) is 27.2 Å². The molecule has 0 aliphatic rings. The lowest BCUT2D eigenvalue weighted by atomic mass is 10.1. The van der Waals surface area contributed by atoms with Crippen molar-refractivity contribution in [3.63, 3.8) is 0 Å². The van der Waals surface area contributed by atoms with Crippen LogP contribution in [0.3, 0.4) is 0 Å². The smallest absolute Gasteiger partial charge is 0.435 e. The molecule has 0 saturated heterocycles. The predicted molar refractivity (Wildman–Crippen MR) is 105 cm³/mol. The van der Waals surface area contributed by atoms with Gasteiger partial charge in [-0.1, -0.05) is 12.1 Å². The van der Waals surface area contributed by atoms with Crippen LogP contribution in [0.1, 0.15) is 44.6 Å². The Morgan fingerprint density at radius 3 is 2.41 bits per heavy atom. The number of halogens is 4. The first-order chi connectivity index (χ1) is 15.0. The summed E-state index contributed by atoms with van der Waals surface area (Å²) in [5.74, 6) is -2.55. The highest BCUT2D eigenvalue weighted by Gasteiger charge is 2.38. The summed E-state index contributed by atoms with van der Waals surface area (Å²) in [6.45, 7) is 3.80. The van der Waals surface area contributed by atoms with Crippen LogP contribution in [0.2, 0.25) is 0 Å². The van der Waals surface area contributed by atoms with Crippen molar-refractivity contribution in [2.45, 2.75) is 26.9 Å². The number of rotatable bonds is 5. The molecular formula is C21H16F4N4O3.